The Hall–Kier alpha value is -5.80. The molecule has 2 aliphatic carbocycles. The first-order chi connectivity index (χ1) is 24.3. The lowest BCUT2D eigenvalue weighted by Crippen LogP contribution is -2.27. The molecule has 49 heavy (non-hydrogen) atoms. The molecule has 0 radical (unpaired) electrons. The van der Waals surface area contributed by atoms with Gasteiger partial charge >= 0.3 is 0 Å². The summed E-state index contributed by atoms with van der Waals surface area (Å²) in [6.45, 7) is 0. The van der Waals surface area contributed by atoms with E-state index in [4.69, 9.17) is 14.4 Å². The molecule has 6 aromatic carbocycles. The summed E-state index contributed by atoms with van der Waals surface area (Å²) in [4.78, 5) is 10.2. The third-order valence-corrected chi connectivity index (χ3v) is 10.9. The second-order valence-corrected chi connectivity index (χ2v) is 13.6. The summed E-state index contributed by atoms with van der Waals surface area (Å²) in [5, 5.41) is 0.995. The van der Waals surface area contributed by atoms with E-state index in [1.165, 1.54) is 71.0 Å². The van der Waals surface area contributed by atoms with Gasteiger partial charge in [-0.3, -0.25) is 0 Å². The fourth-order valence-corrected chi connectivity index (χ4v) is 8.65. The van der Waals surface area contributed by atoms with Gasteiger partial charge in [-0.1, -0.05) is 141 Å². The number of benzene rings is 6. The largest absolute Gasteiger partial charge is 0.452 e. The van der Waals surface area contributed by atoms with Crippen molar-refractivity contribution in [1.82, 2.24) is 9.97 Å². The molecule has 8 aromatic rings. The van der Waals surface area contributed by atoms with E-state index in [9.17, 15) is 0 Å². The van der Waals surface area contributed by atoms with Crippen LogP contribution in [-0.4, -0.2) is 9.97 Å². The molecule has 1 spiro atoms. The SMILES string of the molecule is c1ccc(-c2nc(-c3cccc(-c4cccc(-c5cccc6c5-c5ccccc5C65CCCCC5)c4)c3)c3oc4ccccc4c3n2)cc1. The fourth-order valence-electron chi connectivity index (χ4n) is 8.65. The Morgan fingerprint density at radius 1 is 0.490 bits per heavy atom. The maximum absolute atomic E-state index is 6.45. The molecule has 3 nitrogen and oxygen atoms in total. The van der Waals surface area contributed by atoms with E-state index in [0.717, 1.165) is 38.9 Å². The van der Waals surface area contributed by atoms with Crippen LogP contribution in [0.2, 0.25) is 0 Å². The molecule has 3 heteroatoms. The van der Waals surface area contributed by atoms with Crippen molar-refractivity contribution < 1.29 is 4.42 Å². The Labute approximate surface area is 285 Å². The van der Waals surface area contributed by atoms with E-state index in [2.05, 4.69) is 109 Å². The lowest BCUT2D eigenvalue weighted by Gasteiger charge is -2.36. The second-order valence-electron chi connectivity index (χ2n) is 13.6. The van der Waals surface area contributed by atoms with E-state index >= 15 is 0 Å². The molecular weight excluding hydrogens is 597 g/mol. The first-order valence-corrected chi connectivity index (χ1v) is 17.5. The van der Waals surface area contributed by atoms with Gasteiger partial charge in [0.2, 0.25) is 0 Å². The van der Waals surface area contributed by atoms with Crippen LogP contribution in [0.4, 0.5) is 0 Å². The lowest BCUT2D eigenvalue weighted by molar-refractivity contribution is 0.353. The van der Waals surface area contributed by atoms with E-state index in [1.807, 2.05) is 36.4 Å². The van der Waals surface area contributed by atoms with Crippen LogP contribution in [-0.2, 0) is 5.41 Å². The zero-order valence-corrected chi connectivity index (χ0v) is 27.2. The van der Waals surface area contributed by atoms with Crippen LogP contribution >= 0.6 is 0 Å². The molecule has 0 N–H and O–H groups in total. The van der Waals surface area contributed by atoms with Crippen molar-refractivity contribution in [3.8, 4) is 56.0 Å². The first kappa shape index (κ1) is 28.2. The lowest BCUT2D eigenvalue weighted by atomic mass is 9.68. The highest BCUT2D eigenvalue weighted by atomic mass is 16.3. The molecule has 0 amide bonds. The molecule has 1 fully saturated rings. The molecule has 234 valence electrons. The van der Waals surface area contributed by atoms with Gasteiger partial charge in [0, 0.05) is 21.9 Å². The van der Waals surface area contributed by atoms with Crippen LogP contribution in [0.1, 0.15) is 43.2 Å². The number of hydrogen-bond donors (Lipinski definition) is 0. The predicted octanol–water partition coefficient (Wildman–Crippen LogP) is 12.3. The van der Waals surface area contributed by atoms with Crippen molar-refractivity contribution in [3.63, 3.8) is 0 Å². The average Bonchev–Trinajstić information content (AvgIpc) is 3.69. The summed E-state index contributed by atoms with van der Waals surface area (Å²) in [5.74, 6) is 0.691. The maximum atomic E-state index is 6.45. The number of furan rings is 1. The molecule has 0 bridgehead atoms. The van der Waals surface area contributed by atoms with Gasteiger partial charge in [-0.15, -0.1) is 0 Å². The van der Waals surface area contributed by atoms with Gasteiger partial charge in [-0.2, -0.15) is 0 Å². The van der Waals surface area contributed by atoms with Crippen molar-refractivity contribution in [1.29, 1.82) is 0 Å². The normalized spacial score (nSPS) is 14.7. The Morgan fingerprint density at radius 2 is 1.12 bits per heavy atom. The van der Waals surface area contributed by atoms with Gasteiger partial charge in [-0.05, 0) is 81.6 Å². The quantitative estimate of drug-likeness (QED) is 0.194. The average molecular weight is 631 g/mol. The Bertz CT molecular complexity index is 2540. The molecule has 10 rings (SSSR count). The Balaban J connectivity index is 1.11. The van der Waals surface area contributed by atoms with Crippen LogP contribution in [0, 0.1) is 0 Å². The smallest absolute Gasteiger partial charge is 0.180 e. The van der Waals surface area contributed by atoms with Gasteiger partial charge < -0.3 is 4.42 Å². The number of rotatable bonds is 4. The van der Waals surface area contributed by atoms with Crippen LogP contribution in [0.15, 0.2) is 150 Å². The van der Waals surface area contributed by atoms with E-state index < -0.39 is 0 Å². The topological polar surface area (TPSA) is 38.9 Å². The molecule has 0 saturated heterocycles. The third-order valence-electron chi connectivity index (χ3n) is 10.9. The Kier molecular flexibility index (Phi) is 6.42. The monoisotopic (exact) mass is 630 g/mol. The number of nitrogens with zero attached hydrogens (tertiary/aromatic N) is 2. The number of para-hydroxylation sites is 1. The second kappa shape index (κ2) is 11.1. The number of aromatic nitrogens is 2. The molecule has 2 heterocycles. The first-order valence-electron chi connectivity index (χ1n) is 17.5. The highest BCUT2D eigenvalue weighted by Crippen LogP contribution is 2.57. The summed E-state index contributed by atoms with van der Waals surface area (Å²) in [5.41, 5.74) is 16.0. The van der Waals surface area contributed by atoms with Gasteiger partial charge in [-0.25, -0.2) is 9.97 Å². The van der Waals surface area contributed by atoms with Crippen molar-refractivity contribution in [2.24, 2.45) is 0 Å². The fraction of sp³-hybridized carbons (Fsp3) is 0.130. The van der Waals surface area contributed by atoms with Gasteiger partial charge in [0.05, 0.1) is 0 Å². The maximum Gasteiger partial charge on any atom is 0.180 e. The molecule has 1 saturated carbocycles. The van der Waals surface area contributed by atoms with E-state index in [1.54, 1.807) is 0 Å². The minimum Gasteiger partial charge on any atom is -0.452 e. The van der Waals surface area contributed by atoms with Crippen LogP contribution < -0.4 is 0 Å². The Morgan fingerprint density at radius 3 is 1.98 bits per heavy atom. The standard InChI is InChI=1S/C46H34N2O/c1-3-14-30(15-4-1)45-47-42(44-43(48-45)37-21-6-8-25-40(37)49-44)34-19-12-17-32(29-34)31-16-11-18-33(28-31)35-22-13-24-39-41(35)36-20-5-7-23-38(36)46(39)26-9-2-10-27-46/h1,3-8,11-25,28-29H,2,9-10,26-27H2. The molecule has 2 aromatic heterocycles. The molecule has 0 unspecified atom stereocenters. The number of hydrogen-bond acceptors (Lipinski definition) is 3. The summed E-state index contributed by atoms with van der Waals surface area (Å²) in [6, 6.07) is 52.2. The minimum atomic E-state index is 0.143. The van der Waals surface area contributed by atoms with Crippen molar-refractivity contribution in [2.45, 2.75) is 37.5 Å². The predicted molar refractivity (Wildman–Crippen MR) is 200 cm³/mol. The minimum absolute atomic E-state index is 0.143. The van der Waals surface area contributed by atoms with E-state index in [-0.39, 0.29) is 5.41 Å². The van der Waals surface area contributed by atoms with Crippen LogP contribution in [0.25, 0.3) is 78.1 Å². The van der Waals surface area contributed by atoms with Crippen LogP contribution in [0.5, 0.6) is 0 Å². The highest BCUT2D eigenvalue weighted by Gasteiger charge is 2.44. The third kappa shape index (κ3) is 4.42. The van der Waals surface area contributed by atoms with Crippen molar-refractivity contribution >= 4 is 22.1 Å². The van der Waals surface area contributed by atoms with Gasteiger partial charge in [0.1, 0.15) is 16.8 Å². The van der Waals surface area contributed by atoms with Crippen molar-refractivity contribution in [2.75, 3.05) is 0 Å². The number of fused-ring (bicyclic) bond motifs is 8. The zero-order valence-electron chi connectivity index (χ0n) is 27.2. The van der Waals surface area contributed by atoms with Crippen LogP contribution in [0.3, 0.4) is 0 Å². The zero-order chi connectivity index (χ0) is 32.4. The van der Waals surface area contributed by atoms with Gasteiger partial charge in [0.25, 0.3) is 0 Å². The highest BCUT2D eigenvalue weighted by molar-refractivity contribution is 6.07. The van der Waals surface area contributed by atoms with Crippen molar-refractivity contribution in [3.05, 3.63) is 157 Å². The molecule has 2 aliphatic rings. The molecule has 0 atom stereocenters. The summed E-state index contributed by atoms with van der Waals surface area (Å²) in [6.07, 6.45) is 6.40. The van der Waals surface area contributed by atoms with Gasteiger partial charge in [0.15, 0.2) is 11.4 Å². The molecule has 0 aliphatic heterocycles. The summed E-state index contributed by atoms with van der Waals surface area (Å²) < 4.78 is 6.45. The summed E-state index contributed by atoms with van der Waals surface area (Å²) in [7, 11) is 0. The molecular formula is C46H34N2O. The summed E-state index contributed by atoms with van der Waals surface area (Å²) >= 11 is 0. The van der Waals surface area contributed by atoms with E-state index in [0.29, 0.717) is 11.4 Å².